The predicted molar refractivity (Wildman–Crippen MR) is 117 cm³/mol. The molecule has 0 saturated carbocycles. The van der Waals surface area contributed by atoms with E-state index in [1.165, 1.54) is 11.3 Å². The molecule has 0 unspecified atom stereocenters. The quantitative estimate of drug-likeness (QED) is 0.604. The molecule has 3 aromatic rings. The van der Waals surface area contributed by atoms with Gasteiger partial charge in [0.2, 0.25) is 0 Å². The summed E-state index contributed by atoms with van der Waals surface area (Å²) in [5, 5.41) is 3.30. The number of nitrogens with one attached hydrogen (secondary N) is 2. The Kier molecular flexibility index (Phi) is 5.43. The lowest BCUT2D eigenvalue weighted by molar-refractivity contribution is 0.102. The molecule has 0 aliphatic heterocycles. The van der Waals surface area contributed by atoms with E-state index in [2.05, 4.69) is 10.0 Å². The minimum absolute atomic E-state index is 0.184. The lowest BCUT2D eigenvalue weighted by atomic mass is 9.95. The summed E-state index contributed by atoms with van der Waals surface area (Å²) >= 11 is 1.37. The molecule has 1 aliphatic carbocycles. The Balaban J connectivity index is 1.70. The number of benzene rings is 2. The van der Waals surface area contributed by atoms with Gasteiger partial charge in [-0.05, 0) is 62.4 Å². The summed E-state index contributed by atoms with van der Waals surface area (Å²) in [5.74, 6) is -0.280. The van der Waals surface area contributed by atoms with Crippen LogP contribution in [0.2, 0.25) is 0 Å². The zero-order valence-corrected chi connectivity index (χ0v) is 17.7. The van der Waals surface area contributed by atoms with Crippen LogP contribution in [0, 0.1) is 6.92 Å². The van der Waals surface area contributed by atoms with Crippen molar-refractivity contribution < 1.29 is 13.2 Å². The maximum Gasteiger partial charge on any atom is 0.262 e. The van der Waals surface area contributed by atoms with Gasteiger partial charge in [0.1, 0.15) is 5.00 Å². The Bertz CT molecular complexity index is 1130. The van der Waals surface area contributed by atoms with Crippen molar-refractivity contribution in [2.24, 2.45) is 0 Å². The molecule has 0 saturated heterocycles. The maximum atomic E-state index is 13.1. The highest BCUT2D eigenvalue weighted by molar-refractivity contribution is 7.93. The van der Waals surface area contributed by atoms with E-state index >= 15 is 0 Å². The molecule has 0 bridgehead atoms. The van der Waals surface area contributed by atoms with Crippen molar-refractivity contribution in [3.8, 4) is 0 Å². The third kappa shape index (κ3) is 4.21. The van der Waals surface area contributed by atoms with Crippen molar-refractivity contribution in [2.45, 2.75) is 37.5 Å². The van der Waals surface area contributed by atoms with Crippen molar-refractivity contribution in [3.05, 3.63) is 76.2 Å². The molecular weight excluding hydrogens is 404 g/mol. The summed E-state index contributed by atoms with van der Waals surface area (Å²) < 4.78 is 28.5. The normalized spacial score (nSPS) is 13.6. The molecule has 2 aromatic carbocycles. The summed E-state index contributed by atoms with van der Waals surface area (Å²) in [6.45, 7) is 1.91. The zero-order valence-electron chi connectivity index (χ0n) is 16.1. The van der Waals surface area contributed by atoms with E-state index in [0.29, 0.717) is 16.3 Å². The first-order chi connectivity index (χ1) is 13.9. The minimum Gasteiger partial charge on any atom is -0.322 e. The lowest BCUT2D eigenvalue weighted by Crippen LogP contribution is -2.19. The summed E-state index contributed by atoms with van der Waals surface area (Å²) in [6, 6.07) is 15.9. The van der Waals surface area contributed by atoms with Crippen LogP contribution in [-0.4, -0.2) is 14.3 Å². The molecule has 0 radical (unpaired) electrons. The van der Waals surface area contributed by atoms with Gasteiger partial charge in [0, 0.05) is 10.6 Å². The molecule has 1 heterocycles. The number of anilines is 2. The Morgan fingerprint density at radius 1 is 0.966 bits per heavy atom. The minimum atomic E-state index is -3.78. The fourth-order valence-corrected chi connectivity index (χ4v) is 6.08. The van der Waals surface area contributed by atoms with Gasteiger partial charge < -0.3 is 5.32 Å². The van der Waals surface area contributed by atoms with Gasteiger partial charge in [-0.1, -0.05) is 35.9 Å². The van der Waals surface area contributed by atoms with E-state index in [4.69, 9.17) is 0 Å². The van der Waals surface area contributed by atoms with Gasteiger partial charge in [-0.3, -0.25) is 9.52 Å². The number of thiophene rings is 1. The van der Waals surface area contributed by atoms with Crippen molar-refractivity contribution in [2.75, 3.05) is 10.0 Å². The Morgan fingerprint density at radius 2 is 1.66 bits per heavy atom. The third-order valence-corrected chi connectivity index (χ3v) is 7.69. The molecule has 1 aliphatic rings. The first kappa shape index (κ1) is 19.7. The Morgan fingerprint density at radius 3 is 2.38 bits per heavy atom. The van der Waals surface area contributed by atoms with Crippen LogP contribution in [0.4, 0.5) is 10.7 Å². The number of fused-ring (bicyclic) bond motifs is 1. The molecular formula is C22H22N2O3S2. The highest BCUT2D eigenvalue weighted by atomic mass is 32.2. The van der Waals surface area contributed by atoms with E-state index in [0.717, 1.165) is 41.7 Å². The van der Waals surface area contributed by atoms with Gasteiger partial charge in [0.15, 0.2) is 0 Å². The average Bonchev–Trinajstić information content (AvgIpc) is 3.06. The van der Waals surface area contributed by atoms with Gasteiger partial charge in [-0.2, -0.15) is 0 Å². The standard InChI is InChI=1S/C22H22N2O3S2/c1-15-11-13-17(14-12-15)29(26,27)24-22-20(18-9-5-6-10-19(18)28-22)21(25)23-16-7-3-2-4-8-16/h2-4,7-8,11-14,24H,5-6,9-10H2,1H3,(H,23,25). The molecule has 7 heteroatoms. The number of hydrogen-bond acceptors (Lipinski definition) is 4. The van der Waals surface area contributed by atoms with Gasteiger partial charge in [-0.25, -0.2) is 8.42 Å². The van der Waals surface area contributed by atoms with Crippen LogP contribution in [-0.2, 0) is 22.9 Å². The number of para-hydroxylation sites is 1. The van der Waals surface area contributed by atoms with E-state index in [1.807, 2.05) is 37.3 Å². The van der Waals surface area contributed by atoms with Crippen molar-refractivity contribution in [3.63, 3.8) is 0 Å². The second-order valence-corrected chi connectivity index (χ2v) is 9.94. The fraction of sp³-hybridized carbons (Fsp3) is 0.227. The molecule has 2 N–H and O–H groups in total. The second kappa shape index (κ2) is 8.00. The topological polar surface area (TPSA) is 75.3 Å². The van der Waals surface area contributed by atoms with Gasteiger partial charge in [0.05, 0.1) is 10.5 Å². The number of carbonyl (C=O) groups excluding carboxylic acids is 1. The third-order valence-electron chi connectivity index (χ3n) is 4.99. The van der Waals surface area contributed by atoms with Gasteiger partial charge >= 0.3 is 0 Å². The van der Waals surface area contributed by atoms with Gasteiger partial charge in [-0.15, -0.1) is 11.3 Å². The summed E-state index contributed by atoms with van der Waals surface area (Å²) in [4.78, 5) is 14.4. The second-order valence-electron chi connectivity index (χ2n) is 7.15. The Hall–Kier alpha value is -2.64. The van der Waals surface area contributed by atoms with E-state index in [9.17, 15) is 13.2 Å². The SMILES string of the molecule is Cc1ccc(S(=O)(=O)Nc2sc3c(c2C(=O)Nc2ccccc2)CCCC3)cc1. The summed E-state index contributed by atoms with van der Waals surface area (Å²) in [6.07, 6.45) is 3.71. The van der Waals surface area contributed by atoms with E-state index in [1.54, 1.807) is 24.3 Å². The largest absolute Gasteiger partial charge is 0.322 e. The average molecular weight is 427 g/mol. The highest BCUT2D eigenvalue weighted by Gasteiger charge is 2.28. The molecule has 0 spiro atoms. The van der Waals surface area contributed by atoms with E-state index in [-0.39, 0.29) is 10.8 Å². The molecule has 150 valence electrons. The monoisotopic (exact) mass is 426 g/mol. The smallest absolute Gasteiger partial charge is 0.262 e. The zero-order chi connectivity index (χ0) is 20.4. The van der Waals surface area contributed by atoms with Crippen molar-refractivity contribution in [1.29, 1.82) is 0 Å². The summed E-state index contributed by atoms with van der Waals surface area (Å²) in [5.41, 5.74) is 3.08. The first-order valence-corrected chi connectivity index (χ1v) is 11.8. The first-order valence-electron chi connectivity index (χ1n) is 9.54. The number of amides is 1. The van der Waals surface area contributed by atoms with Gasteiger partial charge in [0.25, 0.3) is 15.9 Å². The molecule has 4 rings (SSSR count). The van der Waals surface area contributed by atoms with Crippen molar-refractivity contribution >= 4 is 38.0 Å². The molecule has 5 nitrogen and oxygen atoms in total. The lowest BCUT2D eigenvalue weighted by Gasteiger charge is -2.13. The molecule has 1 amide bonds. The number of hydrogen-bond donors (Lipinski definition) is 2. The predicted octanol–water partition coefficient (Wildman–Crippen LogP) is 4.99. The van der Waals surface area contributed by atoms with Crippen LogP contribution in [0.25, 0.3) is 0 Å². The van der Waals surface area contributed by atoms with Crippen LogP contribution >= 0.6 is 11.3 Å². The number of rotatable bonds is 5. The van der Waals surface area contributed by atoms with Crippen LogP contribution < -0.4 is 10.0 Å². The van der Waals surface area contributed by atoms with E-state index < -0.39 is 10.0 Å². The molecule has 0 fully saturated rings. The van der Waals surface area contributed by atoms with Crippen molar-refractivity contribution in [1.82, 2.24) is 0 Å². The molecule has 1 aromatic heterocycles. The Labute approximate surface area is 174 Å². The highest BCUT2D eigenvalue weighted by Crippen LogP contribution is 2.39. The number of sulfonamides is 1. The van der Waals surface area contributed by atoms with Crippen LogP contribution in [0.15, 0.2) is 59.5 Å². The fourth-order valence-electron chi connectivity index (χ4n) is 3.49. The maximum absolute atomic E-state index is 13.1. The number of carbonyl (C=O) groups is 1. The van der Waals surface area contributed by atoms with Crippen LogP contribution in [0.3, 0.4) is 0 Å². The molecule has 29 heavy (non-hydrogen) atoms. The molecule has 0 atom stereocenters. The van der Waals surface area contributed by atoms with Crippen LogP contribution in [0.5, 0.6) is 0 Å². The number of aryl methyl sites for hydroxylation is 2. The van der Waals surface area contributed by atoms with Crippen LogP contribution in [0.1, 0.15) is 39.2 Å². The summed E-state index contributed by atoms with van der Waals surface area (Å²) in [7, 11) is -3.78.